The summed E-state index contributed by atoms with van der Waals surface area (Å²) in [6, 6.07) is 2.38. The van der Waals surface area contributed by atoms with Crippen molar-refractivity contribution in [1.29, 1.82) is 0 Å². The molecule has 0 spiro atoms. The molecule has 18 heavy (non-hydrogen) atoms. The smallest absolute Gasteiger partial charge is 0.304 e. The topological polar surface area (TPSA) is 98.5 Å². The molecule has 0 atom stereocenters. The summed E-state index contributed by atoms with van der Waals surface area (Å²) < 4.78 is 43.4. The third-order valence-corrected chi connectivity index (χ3v) is 3.48. The maximum Gasteiger partial charge on any atom is 0.304 e. The minimum Gasteiger partial charge on any atom is -0.383 e. The highest BCUT2D eigenvalue weighted by Gasteiger charge is 2.20. The molecule has 1 N–H and O–H groups in total. The van der Waals surface area contributed by atoms with Gasteiger partial charge in [-0.05, 0) is 6.07 Å². The van der Waals surface area contributed by atoms with Crippen LogP contribution >= 0.6 is 0 Å². The Morgan fingerprint density at radius 1 is 1.50 bits per heavy atom. The molecule has 7 nitrogen and oxygen atoms in total. The zero-order chi connectivity index (χ0) is 13.8. The van der Waals surface area contributed by atoms with E-state index in [2.05, 4.69) is 9.46 Å². The monoisotopic (exact) mass is 278 g/mol. The number of hydrogen-bond acceptors (Lipinski definition) is 5. The first-order valence-corrected chi connectivity index (χ1v) is 6.29. The number of nitro benzene ring substituents is 1. The fourth-order valence-corrected chi connectivity index (χ4v) is 2.19. The number of nitrogens with zero attached hydrogens (tertiary/aromatic N) is 1. The lowest BCUT2D eigenvalue weighted by atomic mass is 10.3. The Bertz CT molecular complexity index is 546. The third-order valence-electron chi connectivity index (χ3n) is 2.02. The number of ether oxygens (including phenoxy) is 1. The van der Waals surface area contributed by atoms with E-state index in [0.717, 1.165) is 12.1 Å². The second-order valence-electron chi connectivity index (χ2n) is 3.26. The number of hydrogen-bond donors (Lipinski definition) is 1. The normalized spacial score (nSPS) is 11.4. The van der Waals surface area contributed by atoms with E-state index in [0.29, 0.717) is 6.07 Å². The Hall–Kier alpha value is -1.58. The van der Waals surface area contributed by atoms with Crippen molar-refractivity contribution in [3.63, 3.8) is 0 Å². The molecule has 1 aromatic carbocycles. The summed E-state index contributed by atoms with van der Waals surface area (Å²) in [7, 11) is -2.49. The Morgan fingerprint density at radius 3 is 2.67 bits per heavy atom. The van der Waals surface area contributed by atoms with Crippen LogP contribution in [0.15, 0.2) is 23.1 Å². The van der Waals surface area contributed by atoms with Gasteiger partial charge >= 0.3 is 5.69 Å². The van der Waals surface area contributed by atoms with Crippen LogP contribution in [0.2, 0.25) is 0 Å². The maximum atomic E-state index is 13.3. The first kappa shape index (κ1) is 14.5. The molecule has 1 rings (SSSR count). The standard InChI is InChI=1S/C9H11FN2O5S/c1-17-5-4-11-18(15,16)7-2-3-9(12(13)14)8(10)6-7/h2-3,6,11H,4-5H2,1H3. The van der Waals surface area contributed by atoms with Crippen LogP contribution in [0.1, 0.15) is 0 Å². The van der Waals surface area contributed by atoms with E-state index in [1.165, 1.54) is 7.11 Å². The van der Waals surface area contributed by atoms with Gasteiger partial charge in [0.25, 0.3) is 0 Å². The molecule has 0 heterocycles. The zero-order valence-electron chi connectivity index (χ0n) is 9.42. The first-order valence-electron chi connectivity index (χ1n) is 4.81. The quantitative estimate of drug-likeness (QED) is 0.468. The molecule has 0 aliphatic heterocycles. The fraction of sp³-hybridized carbons (Fsp3) is 0.333. The summed E-state index contributed by atoms with van der Waals surface area (Å²) in [6.07, 6.45) is 0. The van der Waals surface area contributed by atoms with Gasteiger partial charge in [0.1, 0.15) is 0 Å². The van der Waals surface area contributed by atoms with Gasteiger partial charge in [-0.2, -0.15) is 4.39 Å². The maximum absolute atomic E-state index is 13.3. The lowest BCUT2D eigenvalue weighted by Gasteiger charge is -2.06. The van der Waals surface area contributed by atoms with Crippen LogP contribution in [-0.2, 0) is 14.8 Å². The molecule has 0 saturated carbocycles. The lowest BCUT2D eigenvalue weighted by Crippen LogP contribution is -2.27. The number of nitrogens with one attached hydrogen (secondary N) is 1. The van der Waals surface area contributed by atoms with Gasteiger partial charge in [-0.1, -0.05) is 0 Å². The largest absolute Gasteiger partial charge is 0.383 e. The van der Waals surface area contributed by atoms with Crippen LogP contribution in [0.5, 0.6) is 0 Å². The summed E-state index contributed by atoms with van der Waals surface area (Å²) in [6.45, 7) is 0.187. The number of benzene rings is 1. The summed E-state index contributed by atoms with van der Waals surface area (Å²) in [4.78, 5) is 9.08. The van der Waals surface area contributed by atoms with E-state index in [9.17, 15) is 22.9 Å². The minimum atomic E-state index is -3.89. The van der Waals surface area contributed by atoms with Gasteiger partial charge < -0.3 is 4.74 Å². The first-order chi connectivity index (χ1) is 8.38. The average Bonchev–Trinajstić information content (AvgIpc) is 2.28. The highest BCUT2D eigenvalue weighted by Crippen LogP contribution is 2.20. The van der Waals surface area contributed by atoms with E-state index in [-0.39, 0.29) is 18.0 Å². The van der Waals surface area contributed by atoms with E-state index in [1.54, 1.807) is 0 Å². The van der Waals surface area contributed by atoms with E-state index in [4.69, 9.17) is 0 Å². The van der Waals surface area contributed by atoms with Gasteiger partial charge in [0.15, 0.2) is 0 Å². The van der Waals surface area contributed by atoms with E-state index < -0.39 is 26.5 Å². The van der Waals surface area contributed by atoms with Crippen molar-refractivity contribution < 1.29 is 22.5 Å². The SMILES string of the molecule is COCCNS(=O)(=O)c1ccc([N+](=O)[O-])c(F)c1. The molecular weight excluding hydrogens is 267 g/mol. The molecule has 0 aliphatic carbocycles. The summed E-state index contributed by atoms with van der Waals surface area (Å²) in [5.41, 5.74) is -0.772. The molecule has 0 radical (unpaired) electrons. The molecule has 9 heteroatoms. The van der Waals surface area contributed by atoms with Gasteiger partial charge in [-0.15, -0.1) is 0 Å². The van der Waals surface area contributed by atoms with Crippen LogP contribution in [0.4, 0.5) is 10.1 Å². The molecular formula is C9H11FN2O5S. The molecule has 100 valence electrons. The number of sulfonamides is 1. The summed E-state index contributed by atoms with van der Waals surface area (Å²) in [5.74, 6) is -1.20. The van der Waals surface area contributed by atoms with Crippen molar-refractivity contribution in [2.45, 2.75) is 4.90 Å². The van der Waals surface area contributed by atoms with Crippen molar-refractivity contribution in [3.8, 4) is 0 Å². The lowest BCUT2D eigenvalue weighted by molar-refractivity contribution is -0.387. The minimum absolute atomic E-state index is 0.0252. The summed E-state index contributed by atoms with van der Waals surface area (Å²) in [5, 5.41) is 10.4. The predicted molar refractivity (Wildman–Crippen MR) is 60.1 cm³/mol. The molecule has 0 aromatic heterocycles. The molecule has 0 unspecified atom stereocenters. The summed E-state index contributed by atoms with van der Waals surface area (Å²) >= 11 is 0. The second-order valence-corrected chi connectivity index (χ2v) is 5.03. The van der Waals surface area contributed by atoms with Gasteiger partial charge in [0.2, 0.25) is 15.8 Å². The van der Waals surface area contributed by atoms with Crippen LogP contribution in [0.25, 0.3) is 0 Å². The second kappa shape index (κ2) is 5.85. The van der Waals surface area contributed by atoms with Crippen LogP contribution in [-0.4, -0.2) is 33.6 Å². The zero-order valence-corrected chi connectivity index (χ0v) is 10.2. The molecule has 0 saturated heterocycles. The molecule has 0 bridgehead atoms. The average molecular weight is 278 g/mol. The number of rotatable bonds is 6. The Morgan fingerprint density at radius 2 is 2.17 bits per heavy atom. The van der Waals surface area contributed by atoms with Gasteiger partial charge in [-0.3, -0.25) is 10.1 Å². The van der Waals surface area contributed by atoms with Crippen molar-refractivity contribution in [2.75, 3.05) is 20.3 Å². The third kappa shape index (κ3) is 3.45. The fourth-order valence-electron chi connectivity index (χ4n) is 1.16. The van der Waals surface area contributed by atoms with Gasteiger partial charge in [0.05, 0.1) is 16.4 Å². The Labute approximate surface area is 103 Å². The predicted octanol–water partition coefficient (Wildman–Crippen LogP) is 0.659. The van der Waals surface area contributed by atoms with Crippen LogP contribution in [0, 0.1) is 15.9 Å². The van der Waals surface area contributed by atoms with Gasteiger partial charge in [0, 0.05) is 25.8 Å². The van der Waals surface area contributed by atoms with E-state index in [1.807, 2.05) is 0 Å². The van der Waals surface area contributed by atoms with Crippen molar-refractivity contribution in [1.82, 2.24) is 4.72 Å². The molecule has 0 fully saturated rings. The molecule has 0 aliphatic rings. The highest BCUT2D eigenvalue weighted by atomic mass is 32.2. The van der Waals surface area contributed by atoms with Crippen molar-refractivity contribution in [3.05, 3.63) is 34.1 Å². The van der Waals surface area contributed by atoms with Gasteiger partial charge in [-0.25, -0.2) is 13.1 Å². The van der Waals surface area contributed by atoms with Crippen LogP contribution < -0.4 is 4.72 Å². The number of methoxy groups -OCH3 is 1. The number of halogens is 1. The van der Waals surface area contributed by atoms with Crippen molar-refractivity contribution in [2.24, 2.45) is 0 Å². The van der Waals surface area contributed by atoms with Crippen LogP contribution in [0.3, 0.4) is 0 Å². The number of nitro groups is 1. The Kier molecular flexibility index (Phi) is 4.70. The van der Waals surface area contributed by atoms with E-state index >= 15 is 0 Å². The highest BCUT2D eigenvalue weighted by molar-refractivity contribution is 7.89. The molecule has 0 amide bonds. The van der Waals surface area contributed by atoms with Crippen molar-refractivity contribution >= 4 is 15.7 Å². The Balaban J connectivity index is 2.97. The molecule has 1 aromatic rings.